The molecule has 3 aromatic rings. The highest BCUT2D eigenvalue weighted by Gasteiger charge is 2.22. The van der Waals surface area contributed by atoms with Gasteiger partial charge in [0.1, 0.15) is 5.51 Å². The predicted octanol–water partition coefficient (Wildman–Crippen LogP) is 3.30. The van der Waals surface area contributed by atoms with Crippen LogP contribution >= 0.6 is 11.3 Å². The molecule has 0 saturated heterocycles. The van der Waals surface area contributed by atoms with Crippen LogP contribution in [-0.2, 0) is 0 Å². The topological polar surface area (TPSA) is 96.9 Å². The van der Waals surface area contributed by atoms with E-state index < -0.39 is 0 Å². The lowest BCUT2D eigenvalue weighted by Gasteiger charge is -2.09. The number of hydrogen-bond donors (Lipinski definition) is 2. The second-order valence-electron chi connectivity index (χ2n) is 6.81. The lowest BCUT2D eigenvalue weighted by atomic mass is 10.0. The monoisotopic (exact) mass is 393 g/mol. The second-order valence-corrected chi connectivity index (χ2v) is 7.65. The van der Waals surface area contributed by atoms with E-state index in [1.807, 2.05) is 13.0 Å². The average Bonchev–Trinajstić information content (AvgIpc) is 3.41. The molecular formula is C20H19N5O2S. The van der Waals surface area contributed by atoms with Crippen molar-refractivity contribution in [2.24, 2.45) is 5.92 Å². The molecule has 2 aromatic heterocycles. The molecule has 28 heavy (non-hydrogen) atoms. The molecule has 142 valence electrons. The molecule has 0 aliphatic heterocycles. The smallest absolute Gasteiger partial charge is 0.257 e. The molecule has 2 N–H and O–H groups in total. The van der Waals surface area contributed by atoms with Crippen molar-refractivity contribution in [1.29, 1.82) is 0 Å². The highest BCUT2D eigenvalue weighted by molar-refractivity contribution is 7.13. The third kappa shape index (κ3) is 4.23. The summed E-state index contributed by atoms with van der Waals surface area (Å²) in [5, 5.41) is 13.6. The maximum absolute atomic E-state index is 12.4. The molecule has 2 heterocycles. The molecule has 0 bridgehead atoms. The first-order chi connectivity index (χ1) is 13.6. The van der Waals surface area contributed by atoms with Crippen LogP contribution in [0.25, 0.3) is 11.3 Å². The van der Waals surface area contributed by atoms with Crippen molar-refractivity contribution < 1.29 is 9.59 Å². The van der Waals surface area contributed by atoms with Gasteiger partial charge in [0.05, 0.1) is 11.3 Å². The number of aromatic nitrogens is 3. The molecule has 8 heteroatoms. The molecule has 1 aliphatic rings. The SMILES string of the molecule is Cc1ccc(C(=O)Nc2nncs2)cc1-c1ccc(C(=O)NCC2CC2)cn1. The van der Waals surface area contributed by atoms with E-state index in [-0.39, 0.29) is 11.8 Å². The standard InChI is InChI=1S/C20H19N5O2S/c1-12-2-5-14(19(27)24-20-25-23-11-28-20)8-16(12)17-7-6-15(10-21-17)18(26)22-9-13-3-4-13/h2,5-8,10-11,13H,3-4,9H2,1H3,(H,22,26)(H,24,25,27). The molecule has 1 fully saturated rings. The zero-order chi connectivity index (χ0) is 19.5. The minimum Gasteiger partial charge on any atom is -0.352 e. The summed E-state index contributed by atoms with van der Waals surface area (Å²) in [7, 11) is 0. The summed E-state index contributed by atoms with van der Waals surface area (Å²) in [6.45, 7) is 2.69. The largest absolute Gasteiger partial charge is 0.352 e. The van der Waals surface area contributed by atoms with Crippen LogP contribution in [0.5, 0.6) is 0 Å². The van der Waals surface area contributed by atoms with Crippen LogP contribution in [0.15, 0.2) is 42.0 Å². The van der Waals surface area contributed by atoms with Crippen molar-refractivity contribution in [3.63, 3.8) is 0 Å². The van der Waals surface area contributed by atoms with Crippen molar-refractivity contribution in [3.05, 3.63) is 58.7 Å². The Morgan fingerprint density at radius 3 is 2.64 bits per heavy atom. The van der Waals surface area contributed by atoms with Gasteiger partial charge >= 0.3 is 0 Å². The van der Waals surface area contributed by atoms with Gasteiger partial charge in [-0.05, 0) is 55.5 Å². The van der Waals surface area contributed by atoms with Crippen LogP contribution in [0.2, 0.25) is 0 Å². The summed E-state index contributed by atoms with van der Waals surface area (Å²) in [6.07, 6.45) is 3.96. The van der Waals surface area contributed by atoms with E-state index >= 15 is 0 Å². The Hall–Kier alpha value is -3.13. The fraction of sp³-hybridized carbons (Fsp3) is 0.250. The number of nitrogens with zero attached hydrogens (tertiary/aromatic N) is 3. The van der Waals surface area contributed by atoms with E-state index in [9.17, 15) is 9.59 Å². The number of rotatable bonds is 6. The van der Waals surface area contributed by atoms with E-state index in [2.05, 4.69) is 25.8 Å². The number of nitrogens with one attached hydrogen (secondary N) is 2. The van der Waals surface area contributed by atoms with Crippen LogP contribution in [0.3, 0.4) is 0 Å². The Morgan fingerprint density at radius 1 is 1.14 bits per heavy atom. The van der Waals surface area contributed by atoms with Gasteiger partial charge in [-0.25, -0.2) is 0 Å². The molecule has 0 unspecified atom stereocenters. The van der Waals surface area contributed by atoms with Crippen molar-refractivity contribution in [3.8, 4) is 11.3 Å². The van der Waals surface area contributed by atoms with Gasteiger partial charge < -0.3 is 5.32 Å². The highest BCUT2D eigenvalue weighted by atomic mass is 32.1. The summed E-state index contributed by atoms with van der Waals surface area (Å²) >= 11 is 1.26. The van der Waals surface area contributed by atoms with Crippen LogP contribution in [-0.4, -0.2) is 33.5 Å². The molecule has 0 atom stereocenters. The Kier molecular flexibility index (Phi) is 5.12. The zero-order valence-electron chi connectivity index (χ0n) is 15.3. The highest BCUT2D eigenvalue weighted by Crippen LogP contribution is 2.28. The molecule has 7 nitrogen and oxygen atoms in total. The fourth-order valence-corrected chi connectivity index (χ4v) is 3.22. The normalized spacial score (nSPS) is 13.2. The minimum absolute atomic E-state index is 0.104. The fourth-order valence-electron chi connectivity index (χ4n) is 2.78. The first kappa shape index (κ1) is 18.2. The molecule has 1 aliphatic carbocycles. The van der Waals surface area contributed by atoms with Crippen molar-refractivity contribution in [2.75, 3.05) is 11.9 Å². The summed E-state index contributed by atoms with van der Waals surface area (Å²) < 4.78 is 0. The number of carbonyl (C=O) groups excluding carboxylic acids is 2. The van der Waals surface area contributed by atoms with Crippen LogP contribution < -0.4 is 10.6 Å². The van der Waals surface area contributed by atoms with Crippen LogP contribution in [0.1, 0.15) is 39.1 Å². The van der Waals surface area contributed by atoms with Gasteiger partial charge in [-0.15, -0.1) is 10.2 Å². The first-order valence-electron chi connectivity index (χ1n) is 9.03. The predicted molar refractivity (Wildman–Crippen MR) is 107 cm³/mol. The third-order valence-electron chi connectivity index (χ3n) is 4.63. The van der Waals surface area contributed by atoms with Crippen molar-refractivity contribution in [2.45, 2.75) is 19.8 Å². The quantitative estimate of drug-likeness (QED) is 0.670. The number of pyridine rings is 1. The Balaban J connectivity index is 1.51. The van der Waals surface area contributed by atoms with Gasteiger partial charge in [0, 0.05) is 23.9 Å². The number of carbonyl (C=O) groups is 2. The number of amides is 2. The maximum Gasteiger partial charge on any atom is 0.257 e. The van der Waals surface area contributed by atoms with Crippen molar-refractivity contribution in [1.82, 2.24) is 20.5 Å². The summed E-state index contributed by atoms with van der Waals surface area (Å²) in [5.74, 6) is 0.273. The van der Waals surface area contributed by atoms with Gasteiger partial charge in [0.2, 0.25) is 5.13 Å². The minimum atomic E-state index is -0.255. The molecule has 1 aromatic carbocycles. The van der Waals surface area contributed by atoms with Crippen LogP contribution in [0.4, 0.5) is 5.13 Å². The molecule has 0 spiro atoms. The number of aryl methyl sites for hydroxylation is 1. The molecule has 0 radical (unpaired) electrons. The van der Waals surface area contributed by atoms with Crippen LogP contribution in [0, 0.1) is 12.8 Å². The lowest BCUT2D eigenvalue weighted by molar-refractivity contribution is 0.0950. The summed E-state index contributed by atoms with van der Waals surface area (Å²) in [4.78, 5) is 29.0. The van der Waals surface area contributed by atoms with Gasteiger partial charge in [-0.2, -0.15) is 0 Å². The summed E-state index contributed by atoms with van der Waals surface area (Å²) in [6, 6.07) is 9.00. The Labute approximate surface area is 166 Å². The number of benzene rings is 1. The summed E-state index contributed by atoms with van der Waals surface area (Å²) in [5.41, 5.74) is 5.14. The second kappa shape index (κ2) is 7.85. The van der Waals surface area contributed by atoms with Gasteiger partial charge in [-0.1, -0.05) is 17.4 Å². The average molecular weight is 393 g/mol. The molecular weight excluding hydrogens is 374 g/mol. The first-order valence-corrected chi connectivity index (χ1v) is 9.91. The maximum atomic E-state index is 12.4. The van der Waals surface area contributed by atoms with Gasteiger partial charge in [0.25, 0.3) is 11.8 Å². The van der Waals surface area contributed by atoms with Gasteiger partial charge in [0.15, 0.2) is 0 Å². The Bertz CT molecular complexity index is 998. The molecule has 1 saturated carbocycles. The zero-order valence-corrected chi connectivity index (χ0v) is 16.1. The van der Waals surface area contributed by atoms with Crippen molar-refractivity contribution >= 4 is 28.3 Å². The van der Waals surface area contributed by atoms with Gasteiger partial charge in [-0.3, -0.25) is 19.9 Å². The number of anilines is 1. The molecule has 2 amide bonds. The molecule has 4 rings (SSSR count). The number of hydrogen-bond acceptors (Lipinski definition) is 6. The Morgan fingerprint density at radius 2 is 1.96 bits per heavy atom. The third-order valence-corrected chi connectivity index (χ3v) is 5.24. The van der Waals surface area contributed by atoms with E-state index in [0.29, 0.717) is 27.9 Å². The van der Waals surface area contributed by atoms with E-state index in [1.54, 1.807) is 36.0 Å². The lowest BCUT2D eigenvalue weighted by Crippen LogP contribution is -2.25. The van der Waals surface area contributed by atoms with E-state index in [0.717, 1.165) is 17.7 Å². The van der Waals surface area contributed by atoms with E-state index in [1.165, 1.54) is 24.2 Å². The van der Waals surface area contributed by atoms with E-state index in [4.69, 9.17) is 0 Å².